The van der Waals surface area contributed by atoms with Gasteiger partial charge in [0.1, 0.15) is 5.03 Å². The molecule has 0 atom stereocenters. The summed E-state index contributed by atoms with van der Waals surface area (Å²) in [5.74, 6) is 0.700. The molecule has 2 heterocycles. The topological polar surface area (TPSA) is 49.6 Å². The van der Waals surface area contributed by atoms with Crippen LogP contribution in [0.2, 0.25) is 0 Å². The number of nitrogens with one attached hydrogen (secondary N) is 1. The third kappa shape index (κ3) is 3.01. The number of rotatable bonds is 7. The van der Waals surface area contributed by atoms with E-state index < -0.39 is 0 Å². The minimum absolute atomic E-state index is 0.192. The largest absolute Gasteiger partial charge is 0.396 e. The Labute approximate surface area is 109 Å². The monoisotopic (exact) mass is 271 g/mol. The van der Waals surface area contributed by atoms with Crippen molar-refractivity contribution in [1.29, 1.82) is 0 Å². The van der Waals surface area contributed by atoms with Crippen LogP contribution in [0, 0.1) is 0 Å². The van der Waals surface area contributed by atoms with Gasteiger partial charge in [-0.25, -0.2) is 4.98 Å². The molecule has 2 rings (SSSR count). The first-order chi connectivity index (χ1) is 8.36. The zero-order valence-electron chi connectivity index (χ0n) is 9.85. The second-order valence-corrected chi connectivity index (χ2v) is 5.62. The van der Waals surface area contributed by atoms with Gasteiger partial charge in [-0.05, 0) is 13.0 Å². The molecule has 6 heteroatoms. The standard InChI is InChI=1S/C11H17N3OS2/c1-2-3-12-8-9-10(16-7-5-15)13-11-14(9)4-6-17-11/h4,6,12,15H,2-3,5,7-8H2,1H3. The van der Waals surface area contributed by atoms with Crippen molar-refractivity contribution in [2.45, 2.75) is 24.9 Å². The molecule has 2 aromatic rings. The lowest BCUT2D eigenvalue weighted by molar-refractivity contribution is 0.322. The summed E-state index contributed by atoms with van der Waals surface area (Å²) < 4.78 is 2.13. The highest BCUT2D eigenvalue weighted by Gasteiger charge is 2.12. The average Bonchev–Trinajstić information content (AvgIpc) is 2.89. The zero-order chi connectivity index (χ0) is 12.1. The Morgan fingerprint density at radius 3 is 3.24 bits per heavy atom. The van der Waals surface area contributed by atoms with E-state index in [9.17, 15) is 0 Å². The van der Waals surface area contributed by atoms with Crippen LogP contribution < -0.4 is 5.32 Å². The molecule has 0 aliphatic heterocycles. The van der Waals surface area contributed by atoms with Gasteiger partial charge in [-0.15, -0.1) is 23.1 Å². The third-order valence-electron chi connectivity index (χ3n) is 2.37. The average molecular weight is 271 g/mol. The number of aliphatic hydroxyl groups is 1. The lowest BCUT2D eigenvalue weighted by Crippen LogP contribution is -2.15. The van der Waals surface area contributed by atoms with Gasteiger partial charge in [0, 0.05) is 23.9 Å². The van der Waals surface area contributed by atoms with E-state index in [1.54, 1.807) is 23.1 Å². The van der Waals surface area contributed by atoms with Crippen molar-refractivity contribution in [2.75, 3.05) is 18.9 Å². The fourth-order valence-electron chi connectivity index (χ4n) is 1.62. The summed E-state index contributed by atoms with van der Waals surface area (Å²) in [6, 6.07) is 0. The first kappa shape index (κ1) is 12.9. The van der Waals surface area contributed by atoms with Crippen LogP contribution in [0.4, 0.5) is 0 Å². The lowest BCUT2D eigenvalue weighted by atomic mass is 10.4. The summed E-state index contributed by atoms with van der Waals surface area (Å²) in [5.41, 5.74) is 1.20. The number of hydrogen-bond donors (Lipinski definition) is 2. The van der Waals surface area contributed by atoms with Gasteiger partial charge >= 0.3 is 0 Å². The Kier molecular flexibility index (Phi) is 4.85. The summed E-state index contributed by atoms with van der Waals surface area (Å²) in [6.45, 7) is 4.20. The van der Waals surface area contributed by atoms with Crippen LogP contribution in [-0.2, 0) is 6.54 Å². The van der Waals surface area contributed by atoms with E-state index in [0.717, 1.165) is 29.5 Å². The van der Waals surface area contributed by atoms with Gasteiger partial charge in [0.25, 0.3) is 0 Å². The SMILES string of the molecule is CCCNCc1c(SCCO)nc2sccn12. The molecule has 0 aromatic carbocycles. The molecule has 0 radical (unpaired) electrons. The Morgan fingerprint density at radius 2 is 2.47 bits per heavy atom. The fraction of sp³-hybridized carbons (Fsp3) is 0.545. The highest BCUT2D eigenvalue weighted by atomic mass is 32.2. The fourth-order valence-corrected chi connectivity index (χ4v) is 3.18. The molecule has 0 fully saturated rings. The Morgan fingerprint density at radius 1 is 1.59 bits per heavy atom. The van der Waals surface area contributed by atoms with Gasteiger partial charge in [0.05, 0.1) is 12.3 Å². The number of imidazole rings is 1. The van der Waals surface area contributed by atoms with Crippen LogP contribution in [0.3, 0.4) is 0 Å². The molecule has 0 unspecified atom stereocenters. The summed E-state index contributed by atoms with van der Waals surface area (Å²) in [7, 11) is 0. The highest BCUT2D eigenvalue weighted by Crippen LogP contribution is 2.25. The number of aliphatic hydroxyl groups excluding tert-OH is 1. The maximum Gasteiger partial charge on any atom is 0.194 e. The van der Waals surface area contributed by atoms with Crippen molar-refractivity contribution in [1.82, 2.24) is 14.7 Å². The van der Waals surface area contributed by atoms with E-state index in [-0.39, 0.29) is 6.61 Å². The van der Waals surface area contributed by atoms with E-state index in [0.29, 0.717) is 5.75 Å². The van der Waals surface area contributed by atoms with E-state index >= 15 is 0 Å². The summed E-state index contributed by atoms with van der Waals surface area (Å²) in [4.78, 5) is 5.61. The first-order valence-corrected chi connectivity index (χ1v) is 7.62. The lowest BCUT2D eigenvalue weighted by Gasteiger charge is -2.04. The molecule has 17 heavy (non-hydrogen) atoms. The molecule has 2 N–H and O–H groups in total. The predicted octanol–water partition coefficient (Wildman–Crippen LogP) is 1.98. The molecule has 0 saturated carbocycles. The molecule has 0 amide bonds. The van der Waals surface area contributed by atoms with Gasteiger partial charge in [-0.1, -0.05) is 6.92 Å². The van der Waals surface area contributed by atoms with Crippen LogP contribution in [0.1, 0.15) is 19.0 Å². The van der Waals surface area contributed by atoms with E-state index in [4.69, 9.17) is 5.11 Å². The maximum atomic E-state index is 8.89. The molecule has 0 spiro atoms. The number of fused-ring (bicyclic) bond motifs is 1. The van der Waals surface area contributed by atoms with Gasteiger partial charge < -0.3 is 10.4 Å². The minimum Gasteiger partial charge on any atom is -0.396 e. The quantitative estimate of drug-likeness (QED) is 0.597. The number of nitrogens with zero attached hydrogens (tertiary/aromatic N) is 2. The second-order valence-electron chi connectivity index (χ2n) is 3.67. The smallest absolute Gasteiger partial charge is 0.194 e. The first-order valence-electron chi connectivity index (χ1n) is 5.75. The summed E-state index contributed by atoms with van der Waals surface area (Å²) in [5, 5.41) is 15.4. The number of thiazole rings is 1. The molecule has 0 bridgehead atoms. The maximum absolute atomic E-state index is 8.89. The van der Waals surface area contributed by atoms with Crippen molar-refractivity contribution in [3.63, 3.8) is 0 Å². The number of aromatic nitrogens is 2. The molecule has 0 aliphatic carbocycles. The van der Waals surface area contributed by atoms with Crippen molar-refractivity contribution in [3.05, 3.63) is 17.3 Å². The van der Waals surface area contributed by atoms with Crippen molar-refractivity contribution in [3.8, 4) is 0 Å². The molecular weight excluding hydrogens is 254 g/mol. The van der Waals surface area contributed by atoms with Crippen LogP contribution in [-0.4, -0.2) is 33.4 Å². The summed E-state index contributed by atoms with van der Waals surface area (Å²) >= 11 is 3.26. The van der Waals surface area contributed by atoms with Gasteiger partial charge in [0.15, 0.2) is 4.96 Å². The van der Waals surface area contributed by atoms with Gasteiger partial charge in [0.2, 0.25) is 0 Å². The van der Waals surface area contributed by atoms with Crippen LogP contribution in [0.25, 0.3) is 4.96 Å². The summed E-state index contributed by atoms with van der Waals surface area (Å²) in [6.07, 6.45) is 3.18. The second kappa shape index (κ2) is 6.39. The van der Waals surface area contributed by atoms with Crippen LogP contribution in [0.5, 0.6) is 0 Å². The molecule has 2 aromatic heterocycles. The molecular formula is C11H17N3OS2. The van der Waals surface area contributed by atoms with Gasteiger partial charge in [-0.2, -0.15) is 0 Å². The van der Waals surface area contributed by atoms with Crippen molar-refractivity contribution < 1.29 is 5.11 Å². The Hall–Kier alpha value is -0.560. The number of hydrogen-bond acceptors (Lipinski definition) is 5. The Bertz CT molecular complexity index is 466. The molecule has 94 valence electrons. The Balaban J connectivity index is 2.17. The van der Waals surface area contributed by atoms with Crippen LogP contribution >= 0.6 is 23.1 Å². The minimum atomic E-state index is 0.192. The zero-order valence-corrected chi connectivity index (χ0v) is 11.5. The van der Waals surface area contributed by atoms with Crippen LogP contribution in [0.15, 0.2) is 16.6 Å². The van der Waals surface area contributed by atoms with E-state index in [2.05, 4.69) is 27.8 Å². The third-order valence-corrected chi connectivity index (χ3v) is 4.12. The molecule has 0 aliphatic rings. The molecule has 0 saturated heterocycles. The molecule has 4 nitrogen and oxygen atoms in total. The number of thioether (sulfide) groups is 1. The van der Waals surface area contributed by atoms with E-state index in [1.165, 1.54) is 5.69 Å². The van der Waals surface area contributed by atoms with Crippen molar-refractivity contribution >= 4 is 28.1 Å². The highest BCUT2D eigenvalue weighted by molar-refractivity contribution is 7.99. The normalized spacial score (nSPS) is 11.4. The van der Waals surface area contributed by atoms with E-state index in [1.807, 2.05) is 5.38 Å². The predicted molar refractivity (Wildman–Crippen MR) is 72.9 cm³/mol. The van der Waals surface area contributed by atoms with Crippen molar-refractivity contribution in [2.24, 2.45) is 0 Å². The van der Waals surface area contributed by atoms with Gasteiger partial charge in [-0.3, -0.25) is 4.40 Å².